The zero-order valence-electron chi connectivity index (χ0n) is 14.5. The van der Waals surface area contributed by atoms with Crippen LogP contribution in [0.5, 0.6) is 0 Å². The number of hydrogen-bond donors (Lipinski definition) is 2. The summed E-state index contributed by atoms with van der Waals surface area (Å²) in [6.45, 7) is 1.33. The van der Waals surface area contributed by atoms with Crippen LogP contribution < -0.4 is 9.80 Å². The summed E-state index contributed by atoms with van der Waals surface area (Å²) in [5, 5.41) is 17.6. The van der Waals surface area contributed by atoms with Gasteiger partial charge in [-0.25, -0.2) is 0 Å². The highest BCUT2D eigenvalue weighted by Crippen LogP contribution is 2.37. The van der Waals surface area contributed by atoms with Crippen molar-refractivity contribution in [1.82, 2.24) is 0 Å². The zero-order chi connectivity index (χ0) is 18.5. The lowest BCUT2D eigenvalue weighted by Crippen LogP contribution is -2.25. The molecule has 5 heteroatoms. The van der Waals surface area contributed by atoms with Gasteiger partial charge in [0, 0.05) is 16.8 Å². The summed E-state index contributed by atoms with van der Waals surface area (Å²) in [6.07, 6.45) is 0. The van der Waals surface area contributed by atoms with E-state index in [-0.39, 0.29) is 0 Å². The normalized spacial score (nSPS) is 15.3. The molecule has 0 saturated heterocycles. The van der Waals surface area contributed by atoms with Gasteiger partial charge in [-0.2, -0.15) is 0 Å². The van der Waals surface area contributed by atoms with E-state index in [9.17, 15) is 0 Å². The van der Waals surface area contributed by atoms with Gasteiger partial charge in [0.1, 0.15) is 11.7 Å². The Hall–Kier alpha value is -3.11. The first kappa shape index (κ1) is 16.1. The van der Waals surface area contributed by atoms with Gasteiger partial charge in [0.2, 0.25) is 0 Å². The Kier molecular flexibility index (Phi) is 3.55. The van der Waals surface area contributed by atoms with Gasteiger partial charge >= 0.3 is 0 Å². The molecule has 0 spiro atoms. The fourth-order valence-electron chi connectivity index (χ4n) is 3.88. The van der Waals surface area contributed by atoms with Gasteiger partial charge in [0.05, 0.1) is 23.8 Å². The molecule has 0 atom stereocenters. The van der Waals surface area contributed by atoms with Crippen molar-refractivity contribution >= 4 is 34.6 Å². The third kappa shape index (κ3) is 2.45. The number of hydrogen-bond acceptors (Lipinski definition) is 2. The maximum atomic E-state index is 8.49. The summed E-state index contributed by atoms with van der Waals surface area (Å²) >= 11 is 6.62. The number of benzene rings is 3. The Morgan fingerprint density at radius 3 is 1.85 bits per heavy atom. The van der Waals surface area contributed by atoms with Crippen LogP contribution >= 0.6 is 11.6 Å². The molecule has 2 aliphatic rings. The quantitative estimate of drug-likeness (QED) is 0.662. The second kappa shape index (κ2) is 5.96. The van der Waals surface area contributed by atoms with Crippen LogP contribution in [0.1, 0.15) is 22.3 Å². The van der Waals surface area contributed by atoms with Crippen molar-refractivity contribution in [2.24, 2.45) is 0 Å². The number of halogens is 1. The molecule has 2 aliphatic heterocycles. The fraction of sp³-hybridized carbons (Fsp3) is 0.0909. The number of fused-ring (bicyclic) bond motifs is 2. The van der Waals surface area contributed by atoms with Gasteiger partial charge in [-0.15, -0.1) is 0 Å². The fourth-order valence-corrected chi connectivity index (χ4v) is 4.15. The Morgan fingerprint density at radius 2 is 1.26 bits per heavy atom. The second-order valence-corrected chi connectivity index (χ2v) is 7.23. The van der Waals surface area contributed by atoms with Crippen molar-refractivity contribution in [2.75, 3.05) is 9.80 Å². The molecule has 0 saturated carbocycles. The molecule has 3 aromatic rings. The van der Waals surface area contributed by atoms with Crippen LogP contribution in [-0.4, -0.2) is 11.7 Å². The van der Waals surface area contributed by atoms with Crippen LogP contribution in [0.15, 0.2) is 66.7 Å². The maximum absolute atomic E-state index is 8.49. The summed E-state index contributed by atoms with van der Waals surface area (Å²) < 4.78 is 0. The molecule has 2 N–H and O–H groups in total. The lowest BCUT2D eigenvalue weighted by Gasteiger charge is -2.23. The van der Waals surface area contributed by atoms with Gasteiger partial charge in [-0.3, -0.25) is 10.8 Å². The number of nitrogens with zero attached hydrogens (tertiary/aromatic N) is 2. The first-order valence-electron chi connectivity index (χ1n) is 8.82. The lowest BCUT2D eigenvalue weighted by atomic mass is 10.1. The van der Waals surface area contributed by atoms with E-state index in [1.165, 1.54) is 0 Å². The predicted octanol–water partition coefficient (Wildman–Crippen LogP) is 5.03. The molecule has 0 radical (unpaired) electrons. The number of rotatable bonds is 2. The summed E-state index contributed by atoms with van der Waals surface area (Å²) in [5.41, 5.74) is 5.93. The first-order chi connectivity index (χ1) is 13.1. The molecule has 5 rings (SSSR count). The van der Waals surface area contributed by atoms with Crippen LogP contribution in [0.2, 0.25) is 5.02 Å². The van der Waals surface area contributed by atoms with Gasteiger partial charge in [-0.05, 0) is 29.3 Å². The van der Waals surface area contributed by atoms with Crippen LogP contribution in [0.3, 0.4) is 0 Å². The SMILES string of the molecule is N=C1c2ccccc2CN1c1ccc(N2Cc3ccccc3C2=N)c(Cl)c1. The van der Waals surface area contributed by atoms with Gasteiger partial charge in [0.15, 0.2) is 0 Å². The minimum atomic E-state index is 0.474. The molecule has 4 nitrogen and oxygen atoms in total. The van der Waals surface area contributed by atoms with Crippen molar-refractivity contribution in [1.29, 1.82) is 10.8 Å². The van der Waals surface area contributed by atoms with Crippen molar-refractivity contribution < 1.29 is 0 Å². The number of nitrogens with one attached hydrogen (secondary N) is 2. The third-order valence-corrected chi connectivity index (χ3v) is 5.58. The predicted molar refractivity (Wildman–Crippen MR) is 110 cm³/mol. The van der Waals surface area contributed by atoms with Crippen molar-refractivity contribution in [3.05, 3.63) is 94.0 Å². The summed E-state index contributed by atoms with van der Waals surface area (Å²) in [7, 11) is 0. The minimum absolute atomic E-state index is 0.474. The average molecular weight is 373 g/mol. The summed E-state index contributed by atoms with van der Waals surface area (Å²) in [6, 6.07) is 21.8. The Labute approximate surface area is 162 Å². The average Bonchev–Trinajstić information content (AvgIpc) is 3.20. The molecule has 2 heterocycles. The van der Waals surface area contributed by atoms with E-state index in [0.29, 0.717) is 29.8 Å². The van der Waals surface area contributed by atoms with Crippen molar-refractivity contribution in [3.8, 4) is 0 Å². The Bertz CT molecular complexity index is 1100. The Balaban J connectivity index is 1.46. The van der Waals surface area contributed by atoms with Crippen molar-refractivity contribution in [2.45, 2.75) is 13.1 Å². The molecular formula is C22H17ClN4. The zero-order valence-corrected chi connectivity index (χ0v) is 15.3. The molecule has 0 unspecified atom stereocenters. The van der Waals surface area contributed by atoms with Crippen LogP contribution in [-0.2, 0) is 13.1 Å². The minimum Gasteiger partial charge on any atom is -0.322 e. The molecule has 27 heavy (non-hydrogen) atoms. The molecule has 0 aliphatic carbocycles. The largest absolute Gasteiger partial charge is 0.322 e. The molecule has 0 bridgehead atoms. The molecule has 132 valence electrons. The van der Waals surface area contributed by atoms with Gasteiger partial charge in [0.25, 0.3) is 0 Å². The highest BCUT2D eigenvalue weighted by Gasteiger charge is 2.28. The Morgan fingerprint density at radius 1 is 0.704 bits per heavy atom. The van der Waals surface area contributed by atoms with Crippen LogP contribution in [0.4, 0.5) is 11.4 Å². The van der Waals surface area contributed by atoms with Crippen LogP contribution in [0.25, 0.3) is 0 Å². The monoisotopic (exact) mass is 372 g/mol. The maximum Gasteiger partial charge on any atom is 0.133 e. The standard InChI is InChI=1S/C22H17ClN4/c23-19-11-16(26-12-14-5-1-3-7-17(14)21(26)24)9-10-20(19)27-13-15-6-2-4-8-18(15)22(27)25/h1-11,24-25H,12-13H2. The molecule has 0 fully saturated rings. The molecular weight excluding hydrogens is 356 g/mol. The van der Waals surface area contributed by atoms with Crippen molar-refractivity contribution in [3.63, 3.8) is 0 Å². The summed E-state index contributed by atoms with van der Waals surface area (Å²) in [5.74, 6) is 0.970. The first-order valence-corrected chi connectivity index (χ1v) is 9.19. The number of amidine groups is 2. The van der Waals surface area contributed by atoms with E-state index in [1.54, 1.807) is 0 Å². The lowest BCUT2D eigenvalue weighted by molar-refractivity contribution is 1.03. The van der Waals surface area contributed by atoms with E-state index in [0.717, 1.165) is 33.6 Å². The topological polar surface area (TPSA) is 54.2 Å². The van der Waals surface area contributed by atoms with E-state index < -0.39 is 0 Å². The molecule has 3 aromatic carbocycles. The van der Waals surface area contributed by atoms with Crippen LogP contribution in [0, 0.1) is 10.8 Å². The highest BCUT2D eigenvalue weighted by atomic mass is 35.5. The van der Waals surface area contributed by atoms with E-state index in [1.807, 2.05) is 64.4 Å². The molecule has 0 aromatic heterocycles. The van der Waals surface area contributed by atoms with Gasteiger partial charge in [-0.1, -0.05) is 60.1 Å². The third-order valence-electron chi connectivity index (χ3n) is 5.28. The smallest absolute Gasteiger partial charge is 0.133 e. The summed E-state index contributed by atoms with van der Waals surface area (Å²) in [4.78, 5) is 3.89. The van der Waals surface area contributed by atoms with E-state index in [2.05, 4.69) is 12.1 Å². The second-order valence-electron chi connectivity index (χ2n) is 6.82. The van der Waals surface area contributed by atoms with Gasteiger partial charge < -0.3 is 9.80 Å². The molecule has 0 amide bonds. The highest BCUT2D eigenvalue weighted by molar-refractivity contribution is 6.34. The van der Waals surface area contributed by atoms with E-state index in [4.69, 9.17) is 22.4 Å². The van der Waals surface area contributed by atoms with E-state index >= 15 is 0 Å². The number of anilines is 2.